The molecule has 8 heteroatoms. The van der Waals surface area contributed by atoms with E-state index in [1.807, 2.05) is 30.3 Å². The molecule has 1 unspecified atom stereocenters. The molecule has 0 spiro atoms. The van der Waals surface area contributed by atoms with Crippen molar-refractivity contribution in [3.05, 3.63) is 48.0 Å². The third kappa shape index (κ3) is 9.77. The van der Waals surface area contributed by atoms with Crippen LogP contribution in [0.1, 0.15) is 51.5 Å². The van der Waals surface area contributed by atoms with Gasteiger partial charge in [-0.25, -0.2) is 14.4 Å². The molecule has 3 N–H and O–H groups in total. The molecular weight excluding hydrogens is 438 g/mol. The number of hydrogen-bond acceptors (Lipinski definition) is 6. The normalized spacial score (nSPS) is 15.4. The van der Waals surface area contributed by atoms with E-state index in [1.54, 1.807) is 0 Å². The number of carbonyl (C=O) groups is 3. The number of aliphatic hydroxyl groups is 1. The fourth-order valence-corrected chi connectivity index (χ4v) is 3.75. The summed E-state index contributed by atoms with van der Waals surface area (Å²) in [6.45, 7) is 6.75. The van der Waals surface area contributed by atoms with Crippen LogP contribution in [0.2, 0.25) is 0 Å². The molecule has 2 rings (SSSR count). The van der Waals surface area contributed by atoms with E-state index in [-0.39, 0.29) is 12.5 Å². The summed E-state index contributed by atoms with van der Waals surface area (Å²) in [5.74, 6) is 2.73. The molecule has 1 atom stereocenters. The van der Waals surface area contributed by atoms with Crippen LogP contribution < -0.4 is 0 Å². The molecule has 1 aliphatic carbocycles. The molecular formula is C26H35NO7. The molecule has 1 aromatic carbocycles. The van der Waals surface area contributed by atoms with Gasteiger partial charge in [-0.15, -0.1) is 0 Å². The van der Waals surface area contributed by atoms with E-state index < -0.39 is 23.5 Å². The van der Waals surface area contributed by atoms with Crippen LogP contribution in [-0.4, -0.2) is 64.4 Å². The highest BCUT2D eigenvalue weighted by Crippen LogP contribution is 2.40. The maximum Gasteiger partial charge on any atom is 0.344 e. The number of carbonyl (C=O) groups excluding carboxylic acids is 1. The lowest BCUT2D eigenvalue weighted by Gasteiger charge is -2.36. The number of rotatable bonds is 9. The van der Waals surface area contributed by atoms with Crippen molar-refractivity contribution in [1.82, 2.24) is 4.90 Å². The predicted octanol–water partition coefficient (Wildman–Crippen LogP) is 3.05. The molecule has 1 fully saturated rings. The van der Waals surface area contributed by atoms with Crippen LogP contribution in [0.25, 0.3) is 0 Å². The van der Waals surface area contributed by atoms with Crippen molar-refractivity contribution in [2.24, 2.45) is 5.92 Å². The molecule has 0 aliphatic heterocycles. The van der Waals surface area contributed by atoms with Gasteiger partial charge in [0.1, 0.15) is 0 Å². The Kier molecular flexibility index (Phi) is 13.3. The molecule has 1 aliphatic rings. The Bertz CT molecular complexity index is 846. The molecule has 0 radical (unpaired) electrons. The predicted molar refractivity (Wildman–Crippen MR) is 128 cm³/mol. The summed E-state index contributed by atoms with van der Waals surface area (Å²) < 4.78 is 5.38. The average molecular weight is 474 g/mol. The SMILES string of the molecule is CCN(CC)CC#CCOC(=O)C(O)(c1ccccc1)C1CCCCC1.O=C(O)/C=C\C(=O)O. The molecule has 0 bridgehead atoms. The van der Waals surface area contributed by atoms with E-state index in [9.17, 15) is 19.5 Å². The number of benzene rings is 1. The van der Waals surface area contributed by atoms with Gasteiger partial charge in [-0.05, 0) is 31.5 Å². The Morgan fingerprint density at radius 2 is 1.56 bits per heavy atom. The Labute approximate surface area is 201 Å². The summed E-state index contributed by atoms with van der Waals surface area (Å²) in [6, 6.07) is 9.19. The summed E-state index contributed by atoms with van der Waals surface area (Å²) in [5.41, 5.74) is -0.963. The Hall–Kier alpha value is -3.15. The van der Waals surface area contributed by atoms with Gasteiger partial charge >= 0.3 is 17.9 Å². The van der Waals surface area contributed by atoms with E-state index in [0.717, 1.165) is 45.2 Å². The number of hydrogen-bond donors (Lipinski definition) is 3. The van der Waals surface area contributed by atoms with Gasteiger partial charge in [0, 0.05) is 18.1 Å². The number of carboxylic acid groups (broad SMARTS) is 2. The number of aliphatic carboxylic acids is 2. The van der Waals surface area contributed by atoms with Gasteiger partial charge in [-0.1, -0.05) is 75.3 Å². The van der Waals surface area contributed by atoms with Crippen molar-refractivity contribution in [2.75, 3.05) is 26.2 Å². The molecule has 8 nitrogen and oxygen atoms in total. The smallest absolute Gasteiger partial charge is 0.344 e. The lowest BCUT2D eigenvalue weighted by Crippen LogP contribution is -2.45. The zero-order chi connectivity index (χ0) is 25.4. The van der Waals surface area contributed by atoms with Gasteiger partial charge in [-0.3, -0.25) is 4.90 Å². The number of esters is 1. The number of ether oxygens (including phenoxy) is 1. The first-order valence-corrected chi connectivity index (χ1v) is 11.5. The zero-order valence-corrected chi connectivity index (χ0v) is 19.9. The average Bonchev–Trinajstić information content (AvgIpc) is 2.85. The monoisotopic (exact) mass is 473 g/mol. The summed E-state index contributed by atoms with van der Waals surface area (Å²) in [7, 11) is 0. The second kappa shape index (κ2) is 15.6. The van der Waals surface area contributed by atoms with Gasteiger partial charge in [0.25, 0.3) is 0 Å². The summed E-state index contributed by atoms with van der Waals surface area (Å²) in [5, 5.41) is 27.0. The van der Waals surface area contributed by atoms with Crippen LogP contribution in [0, 0.1) is 17.8 Å². The topological polar surface area (TPSA) is 124 Å². The van der Waals surface area contributed by atoms with Gasteiger partial charge in [-0.2, -0.15) is 0 Å². The second-order valence-corrected chi connectivity index (χ2v) is 7.87. The van der Waals surface area contributed by atoms with Crippen LogP contribution >= 0.6 is 0 Å². The van der Waals surface area contributed by atoms with Gasteiger partial charge < -0.3 is 20.1 Å². The molecule has 0 heterocycles. The standard InChI is InChI=1S/C22H31NO3.C4H4O4/c1-3-23(4-2)17-11-12-18-26-21(24)22(25,19-13-7-5-8-14-19)20-15-9-6-10-16-20;5-3(6)1-2-4(7)8/h5,7-8,13-14,20,25H,3-4,6,9-10,15-18H2,1-2H3;1-2H,(H,5,6)(H,7,8)/b;2-1-. The summed E-state index contributed by atoms with van der Waals surface area (Å²) >= 11 is 0. The molecule has 34 heavy (non-hydrogen) atoms. The Morgan fingerprint density at radius 3 is 2.06 bits per heavy atom. The zero-order valence-electron chi connectivity index (χ0n) is 19.9. The molecule has 1 aromatic rings. The van der Waals surface area contributed by atoms with Crippen molar-refractivity contribution in [2.45, 2.75) is 51.6 Å². The van der Waals surface area contributed by atoms with Crippen molar-refractivity contribution < 1.29 is 34.4 Å². The minimum atomic E-state index is -1.58. The van der Waals surface area contributed by atoms with Crippen LogP contribution in [0.3, 0.4) is 0 Å². The number of nitrogens with zero attached hydrogens (tertiary/aromatic N) is 1. The lowest BCUT2D eigenvalue weighted by atomic mass is 9.73. The van der Waals surface area contributed by atoms with E-state index in [1.165, 1.54) is 0 Å². The molecule has 0 saturated heterocycles. The maximum absolute atomic E-state index is 12.8. The van der Waals surface area contributed by atoms with Gasteiger partial charge in [0.05, 0.1) is 6.54 Å². The minimum absolute atomic E-state index is 0.0158. The molecule has 0 aromatic heterocycles. The second-order valence-electron chi connectivity index (χ2n) is 7.87. The third-order valence-corrected chi connectivity index (χ3v) is 5.69. The number of carboxylic acids is 2. The van der Waals surface area contributed by atoms with Gasteiger partial charge in [0.2, 0.25) is 0 Å². The van der Waals surface area contributed by atoms with E-state index in [4.69, 9.17) is 14.9 Å². The van der Waals surface area contributed by atoms with Crippen molar-refractivity contribution in [3.8, 4) is 11.8 Å². The van der Waals surface area contributed by atoms with E-state index in [0.29, 0.717) is 24.3 Å². The highest BCUT2D eigenvalue weighted by molar-refractivity contribution is 5.89. The van der Waals surface area contributed by atoms with Crippen LogP contribution in [0.5, 0.6) is 0 Å². The third-order valence-electron chi connectivity index (χ3n) is 5.69. The van der Waals surface area contributed by atoms with Crippen molar-refractivity contribution in [1.29, 1.82) is 0 Å². The lowest BCUT2D eigenvalue weighted by molar-refractivity contribution is -0.174. The van der Waals surface area contributed by atoms with E-state index >= 15 is 0 Å². The first kappa shape index (κ1) is 28.9. The molecule has 0 amide bonds. The molecule has 186 valence electrons. The summed E-state index contributed by atoms with van der Waals surface area (Å²) in [4.78, 5) is 34.1. The maximum atomic E-state index is 12.8. The van der Waals surface area contributed by atoms with Crippen LogP contribution in [0.15, 0.2) is 42.5 Å². The van der Waals surface area contributed by atoms with Gasteiger partial charge in [0.15, 0.2) is 12.2 Å². The fourth-order valence-electron chi connectivity index (χ4n) is 3.75. The van der Waals surface area contributed by atoms with E-state index in [2.05, 4.69) is 30.6 Å². The molecule has 1 saturated carbocycles. The Balaban J connectivity index is 0.000000620. The quantitative estimate of drug-likeness (QED) is 0.284. The minimum Gasteiger partial charge on any atom is -0.478 e. The first-order chi connectivity index (χ1) is 16.2. The fraction of sp³-hybridized carbons (Fsp3) is 0.500. The highest BCUT2D eigenvalue weighted by atomic mass is 16.5. The first-order valence-electron chi connectivity index (χ1n) is 11.5. The van der Waals surface area contributed by atoms with Crippen molar-refractivity contribution >= 4 is 17.9 Å². The Morgan fingerprint density at radius 1 is 1.00 bits per heavy atom. The van der Waals surface area contributed by atoms with Crippen LogP contribution in [0.4, 0.5) is 0 Å². The summed E-state index contributed by atoms with van der Waals surface area (Å²) in [6.07, 6.45) is 6.04. The van der Waals surface area contributed by atoms with Crippen molar-refractivity contribution in [3.63, 3.8) is 0 Å². The largest absolute Gasteiger partial charge is 0.478 e. The highest BCUT2D eigenvalue weighted by Gasteiger charge is 2.47. The van der Waals surface area contributed by atoms with Crippen LogP contribution in [-0.2, 0) is 24.7 Å².